The Morgan fingerprint density at radius 3 is 2.54 bits per heavy atom. The molecule has 1 unspecified atom stereocenters. The van der Waals surface area contributed by atoms with Crippen molar-refractivity contribution in [2.75, 3.05) is 0 Å². The smallest absolute Gasteiger partial charge is 0.262 e. The first-order valence-electron chi connectivity index (χ1n) is 8.02. The van der Waals surface area contributed by atoms with Crippen LogP contribution in [0.15, 0.2) is 58.1 Å². The number of benzene rings is 2. The van der Waals surface area contributed by atoms with Crippen molar-refractivity contribution in [2.45, 2.75) is 19.9 Å². The van der Waals surface area contributed by atoms with E-state index in [1.54, 1.807) is 24.3 Å². The Morgan fingerprint density at radius 2 is 1.88 bits per heavy atom. The van der Waals surface area contributed by atoms with Crippen LogP contribution in [0.5, 0.6) is 0 Å². The predicted octanol–water partition coefficient (Wildman–Crippen LogP) is 4.01. The van der Waals surface area contributed by atoms with Crippen LogP contribution in [-0.4, -0.2) is 24.1 Å². The molecule has 136 valence electrons. The van der Waals surface area contributed by atoms with Crippen molar-refractivity contribution in [3.63, 3.8) is 0 Å². The van der Waals surface area contributed by atoms with Gasteiger partial charge < -0.3 is 5.32 Å². The van der Waals surface area contributed by atoms with Crippen LogP contribution in [0, 0.1) is 5.92 Å². The lowest BCUT2D eigenvalue weighted by atomic mass is 10.0. The van der Waals surface area contributed by atoms with Crippen molar-refractivity contribution in [3.8, 4) is 0 Å². The van der Waals surface area contributed by atoms with Crippen molar-refractivity contribution >= 4 is 45.6 Å². The zero-order valence-electron chi connectivity index (χ0n) is 14.4. The van der Waals surface area contributed by atoms with Gasteiger partial charge in [-0.15, -0.1) is 0 Å². The number of rotatable bonds is 6. The van der Waals surface area contributed by atoms with Crippen LogP contribution in [0.3, 0.4) is 0 Å². The minimum absolute atomic E-state index is 0.123. The van der Waals surface area contributed by atoms with Crippen molar-refractivity contribution in [3.05, 3.63) is 69.2 Å². The van der Waals surface area contributed by atoms with E-state index in [2.05, 4.69) is 31.8 Å². The van der Waals surface area contributed by atoms with Gasteiger partial charge in [0.25, 0.3) is 11.8 Å². The Labute approximate surface area is 166 Å². The molecule has 0 aliphatic carbocycles. The minimum Gasteiger partial charge on any atom is -0.340 e. The van der Waals surface area contributed by atoms with E-state index in [0.29, 0.717) is 10.6 Å². The maximum absolute atomic E-state index is 12.4. The van der Waals surface area contributed by atoms with E-state index in [0.717, 1.165) is 10.0 Å². The van der Waals surface area contributed by atoms with Crippen LogP contribution >= 0.6 is 27.5 Å². The van der Waals surface area contributed by atoms with Crippen LogP contribution < -0.4 is 10.7 Å². The summed E-state index contributed by atoms with van der Waals surface area (Å²) in [5, 5.41) is 7.01. The number of nitrogens with one attached hydrogen (secondary N) is 2. The molecule has 2 amide bonds. The maximum atomic E-state index is 12.4. The molecule has 0 aromatic heterocycles. The summed E-state index contributed by atoms with van der Waals surface area (Å²) in [7, 11) is 0. The lowest BCUT2D eigenvalue weighted by Crippen LogP contribution is -2.48. The second-order valence-corrected chi connectivity index (χ2v) is 7.29. The Kier molecular flexibility index (Phi) is 7.36. The normalized spacial score (nSPS) is 12.2. The highest BCUT2D eigenvalue weighted by Gasteiger charge is 2.25. The summed E-state index contributed by atoms with van der Waals surface area (Å²) >= 11 is 9.41. The quantitative estimate of drug-likeness (QED) is 0.530. The molecule has 0 fully saturated rings. The lowest BCUT2D eigenvalue weighted by molar-refractivity contribution is -0.123. The molecule has 7 heteroatoms. The van der Waals surface area contributed by atoms with E-state index in [4.69, 9.17) is 11.6 Å². The van der Waals surface area contributed by atoms with Crippen LogP contribution in [0.1, 0.15) is 29.8 Å². The summed E-state index contributed by atoms with van der Waals surface area (Å²) < 4.78 is 0.917. The molecule has 0 aliphatic rings. The molecule has 2 aromatic rings. The number of hydrogen-bond acceptors (Lipinski definition) is 3. The largest absolute Gasteiger partial charge is 0.340 e. The molecule has 0 heterocycles. The predicted molar refractivity (Wildman–Crippen MR) is 107 cm³/mol. The molecule has 2 aromatic carbocycles. The number of amides is 2. The average Bonchev–Trinajstić information content (AvgIpc) is 2.59. The van der Waals surface area contributed by atoms with Gasteiger partial charge in [-0.25, -0.2) is 5.43 Å². The molecular weight excluding hydrogens is 418 g/mol. The summed E-state index contributed by atoms with van der Waals surface area (Å²) in [5.74, 6) is -0.922. The van der Waals surface area contributed by atoms with E-state index in [9.17, 15) is 9.59 Å². The number of carbonyl (C=O) groups excluding carboxylic acids is 2. The second-order valence-electron chi connectivity index (χ2n) is 5.96. The number of halogens is 2. The van der Waals surface area contributed by atoms with Crippen LogP contribution in [0.4, 0.5) is 0 Å². The van der Waals surface area contributed by atoms with Crippen molar-refractivity contribution in [1.82, 2.24) is 10.7 Å². The second kappa shape index (κ2) is 9.50. The molecule has 0 spiro atoms. The molecule has 0 saturated heterocycles. The Morgan fingerprint density at radius 1 is 1.15 bits per heavy atom. The summed E-state index contributed by atoms with van der Waals surface area (Å²) in [6.07, 6.45) is 1.54. The first-order valence-corrected chi connectivity index (χ1v) is 9.19. The highest BCUT2D eigenvalue weighted by atomic mass is 79.9. The van der Waals surface area contributed by atoms with Crippen LogP contribution in [0.2, 0.25) is 5.02 Å². The van der Waals surface area contributed by atoms with Crippen molar-refractivity contribution in [2.24, 2.45) is 11.0 Å². The molecule has 0 radical (unpaired) electrons. The SMILES string of the molecule is CC(C)C(NC(=O)c1ccccc1Cl)C(=O)N/N=C\c1cccc(Br)c1. The molecule has 2 rings (SSSR count). The third-order valence-electron chi connectivity index (χ3n) is 3.59. The van der Waals surface area contributed by atoms with Gasteiger partial charge in [-0.05, 0) is 35.7 Å². The number of hydrazone groups is 1. The van der Waals surface area contributed by atoms with E-state index >= 15 is 0 Å². The molecule has 0 bridgehead atoms. The zero-order chi connectivity index (χ0) is 19.1. The van der Waals surface area contributed by atoms with E-state index < -0.39 is 17.9 Å². The Hall–Kier alpha value is -2.18. The van der Waals surface area contributed by atoms with Gasteiger partial charge in [-0.2, -0.15) is 5.10 Å². The van der Waals surface area contributed by atoms with Gasteiger partial charge >= 0.3 is 0 Å². The minimum atomic E-state index is -0.738. The molecule has 0 saturated carbocycles. The molecule has 26 heavy (non-hydrogen) atoms. The highest BCUT2D eigenvalue weighted by molar-refractivity contribution is 9.10. The first-order chi connectivity index (χ1) is 12.4. The van der Waals surface area contributed by atoms with Crippen LogP contribution in [0.25, 0.3) is 0 Å². The lowest BCUT2D eigenvalue weighted by Gasteiger charge is -2.20. The summed E-state index contributed by atoms with van der Waals surface area (Å²) in [6, 6.07) is 13.5. The van der Waals surface area contributed by atoms with Crippen molar-refractivity contribution in [1.29, 1.82) is 0 Å². The van der Waals surface area contributed by atoms with Crippen LogP contribution in [-0.2, 0) is 4.79 Å². The van der Waals surface area contributed by atoms with Gasteiger partial charge in [0, 0.05) is 4.47 Å². The average molecular weight is 437 g/mol. The van der Waals surface area contributed by atoms with E-state index in [1.807, 2.05) is 38.1 Å². The monoisotopic (exact) mass is 435 g/mol. The molecular formula is C19H19BrClN3O2. The topological polar surface area (TPSA) is 70.6 Å². The number of nitrogens with zero attached hydrogens (tertiary/aromatic N) is 1. The molecule has 2 N–H and O–H groups in total. The van der Waals surface area contributed by atoms with Gasteiger partial charge in [0.05, 0.1) is 16.8 Å². The molecule has 5 nitrogen and oxygen atoms in total. The fourth-order valence-corrected chi connectivity index (χ4v) is 2.86. The zero-order valence-corrected chi connectivity index (χ0v) is 16.7. The molecule has 1 atom stereocenters. The van der Waals surface area contributed by atoms with Gasteiger partial charge in [-0.1, -0.05) is 65.6 Å². The summed E-state index contributed by atoms with van der Waals surface area (Å²) in [5.41, 5.74) is 3.63. The number of hydrogen-bond donors (Lipinski definition) is 2. The van der Waals surface area contributed by atoms with Gasteiger partial charge in [0.2, 0.25) is 0 Å². The third kappa shape index (κ3) is 5.68. The summed E-state index contributed by atoms with van der Waals surface area (Å²) in [6.45, 7) is 3.68. The fraction of sp³-hybridized carbons (Fsp3) is 0.211. The van der Waals surface area contributed by atoms with Gasteiger partial charge in [0.15, 0.2) is 0 Å². The maximum Gasteiger partial charge on any atom is 0.262 e. The summed E-state index contributed by atoms with van der Waals surface area (Å²) in [4.78, 5) is 24.8. The Balaban J connectivity index is 2.03. The van der Waals surface area contributed by atoms with Gasteiger partial charge in [-0.3, -0.25) is 9.59 Å². The Bertz CT molecular complexity index is 824. The van der Waals surface area contributed by atoms with E-state index in [-0.39, 0.29) is 5.92 Å². The van der Waals surface area contributed by atoms with E-state index in [1.165, 1.54) is 6.21 Å². The van der Waals surface area contributed by atoms with Gasteiger partial charge in [0.1, 0.15) is 6.04 Å². The molecule has 0 aliphatic heterocycles. The standard InChI is InChI=1S/C19H19BrClN3O2/c1-12(2)17(23-18(25)15-8-3-4-9-16(15)21)19(26)24-22-11-13-6-5-7-14(20)10-13/h3-12,17H,1-2H3,(H,23,25)(H,24,26)/b22-11-. The third-order valence-corrected chi connectivity index (χ3v) is 4.41. The fourth-order valence-electron chi connectivity index (χ4n) is 2.23. The van der Waals surface area contributed by atoms with Crippen molar-refractivity contribution < 1.29 is 9.59 Å². The number of carbonyl (C=O) groups is 2. The first kappa shape index (κ1) is 20.1. The highest BCUT2D eigenvalue weighted by Crippen LogP contribution is 2.15.